The van der Waals surface area contributed by atoms with E-state index in [1.165, 1.54) is 31.4 Å². The molecule has 1 heterocycles. The Morgan fingerprint density at radius 2 is 1.78 bits per heavy atom. The molecule has 0 spiro atoms. The van der Waals surface area contributed by atoms with E-state index in [0.717, 1.165) is 24.9 Å². The molecule has 0 radical (unpaired) electrons. The van der Waals surface area contributed by atoms with Crippen molar-refractivity contribution in [2.24, 2.45) is 5.41 Å². The molecule has 0 amide bonds. The van der Waals surface area contributed by atoms with Gasteiger partial charge in [0.1, 0.15) is 5.82 Å². The van der Waals surface area contributed by atoms with Crippen molar-refractivity contribution in [3.8, 4) is 0 Å². The van der Waals surface area contributed by atoms with Crippen molar-refractivity contribution >= 4 is 0 Å². The SMILES string of the molecule is CC(C)(C)C1CCCCN1C1CC(c2ccc(F)cc2)CC1O. The number of nitrogens with zero attached hydrogens (tertiary/aromatic N) is 1. The van der Waals surface area contributed by atoms with Gasteiger partial charge in [0, 0.05) is 12.1 Å². The molecule has 4 unspecified atom stereocenters. The first-order valence-electron chi connectivity index (χ1n) is 9.05. The van der Waals surface area contributed by atoms with Gasteiger partial charge in [-0.05, 0) is 61.3 Å². The number of rotatable bonds is 2. The fourth-order valence-corrected chi connectivity index (χ4v) is 4.64. The predicted molar refractivity (Wildman–Crippen MR) is 92.0 cm³/mol. The standard InChI is InChI=1S/C20H30FNO/c1-20(2,3)19-6-4-5-11-22(19)17-12-15(13-18(17)23)14-7-9-16(21)10-8-14/h7-10,15,17-19,23H,4-6,11-13H2,1-3H3. The summed E-state index contributed by atoms with van der Waals surface area (Å²) >= 11 is 0. The number of hydrogen-bond donors (Lipinski definition) is 1. The van der Waals surface area contributed by atoms with E-state index in [1.54, 1.807) is 0 Å². The van der Waals surface area contributed by atoms with Crippen molar-refractivity contribution in [3.05, 3.63) is 35.6 Å². The highest BCUT2D eigenvalue weighted by Gasteiger charge is 2.43. The Labute approximate surface area is 139 Å². The number of halogens is 1. The van der Waals surface area contributed by atoms with E-state index in [9.17, 15) is 9.50 Å². The van der Waals surface area contributed by atoms with E-state index in [0.29, 0.717) is 12.0 Å². The minimum Gasteiger partial charge on any atom is -0.391 e. The lowest BCUT2D eigenvalue weighted by Gasteiger charge is -2.47. The minimum atomic E-state index is -0.270. The molecule has 1 aliphatic heterocycles. The molecule has 4 atom stereocenters. The topological polar surface area (TPSA) is 23.5 Å². The van der Waals surface area contributed by atoms with Gasteiger partial charge in [-0.25, -0.2) is 4.39 Å². The molecule has 1 aromatic carbocycles. The first kappa shape index (κ1) is 16.9. The van der Waals surface area contributed by atoms with Gasteiger partial charge in [0.25, 0.3) is 0 Å². The second-order valence-electron chi connectivity index (χ2n) is 8.47. The molecule has 1 aliphatic carbocycles. The molecular formula is C20H30FNO. The minimum absolute atomic E-state index is 0.187. The zero-order chi connectivity index (χ0) is 16.6. The summed E-state index contributed by atoms with van der Waals surface area (Å²) in [6, 6.07) is 7.62. The van der Waals surface area contributed by atoms with Crippen molar-refractivity contribution in [2.75, 3.05) is 6.54 Å². The molecule has 3 rings (SSSR count). The molecule has 0 aromatic heterocycles. The van der Waals surface area contributed by atoms with Crippen LogP contribution in [0.5, 0.6) is 0 Å². The smallest absolute Gasteiger partial charge is 0.123 e. The van der Waals surface area contributed by atoms with E-state index in [2.05, 4.69) is 25.7 Å². The maximum absolute atomic E-state index is 13.1. The maximum atomic E-state index is 13.1. The number of likely N-dealkylation sites (tertiary alicyclic amines) is 1. The monoisotopic (exact) mass is 319 g/mol. The lowest BCUT2D eigenvalue weighted by Crippen LogP contribution is -2.54. The van der Waals surface area contributed by atoms with Crippen LogP contribution in [0.25, 0.3) is 0 Å². The molecule has 1 N–H and O–H groups in total. The molecule has 1 saturated carbocycles. The Morgan fingerprint density at radius 1 is 1.09 bits per heavy atom. The highest BCUT2D eigenvalue weighted by molar-refractivity contribution is 5.23. The number of benzene rings is 1. The zero-order valence-corrected chi connectivity index (χ0v) is 14.6. The Morgan fingerprint density at radius 3 is 2.43 bits per heavy atom. The van der Waals surface area contributed by atoms with Gasteiger partial charge in [-0.3, -0.25) is 4.90 Å². The number of piperidine rings is 1. The maximum Gasteiger partial charge on any atom is 0.123 e. The predicted octanol–water partition coefficient (Wildman–Crippen LogP) is 4.33. The first-order valence-corrected chi connectivity index (χ1v) is 9.05. The van der Waals surface area contributed by atoms with Gasteiger partial charge >= 0.3 is 0 Å². The van der Waals surface area contributed by atoms with Crippen LogP contribution in [-0.4, -0.2) is 34.7 Å². The van der Waals surface area contributed by atoms with Gasteiger partial charge in [0.15, 0.2) is 0 Å². The van der Waals surface area contributed by atoms with Crippen molar-refractivity contribution in [1.82, 2.24) is 4.90 Å². The second-order valence-corrected chi connectivity index (χ2v) is 8.47. The van der Waals surface area contributed by atoms with E-state index in [-0.39, 0.29) is 23.4 Å². The molecule has 1 saturated heterocycles. The van der Waals surface area contributed by atoms with Crippen molar-refractivity contribution in [1.29, 1.82) is 0 Å². The van der Waals surface area contributed by atoms with Crippen LogP contribution < -0.4 is 0 Å². The lowest BCUT2D eigenvalue weighted by molar-refractivity contribution is -0.0141. The highest BCUT2D eigenvalue weighted by Crippen LogP contribution is 2.42. The summed E-state index contributed by atoms with van der Waals surface area (Å²) in [6.07, 6.45) is 5.27. The molecule has 2 nitrogen and oxygen atoms in total. The van der Waals surface area contributed by atoms with Crippen molar-refractivity contribution in [2.45, 2.75) is 77.0 Å². The van der Waals surface area contributed by atoms with Gasteiger partial charge < -0.3 is 5.11 Å². The van der Waals surface area contributed by atoms with Gasteiger partial charge in [-0.15, -0.1) is 0 Å². The zero-order valence-electron chi connectivity index (χ0n) is 14.6. The largest absolute Gasteiger partial charge is 0.391 e. The van der Waals surface area contributed by atoms with Crippen LogP contribution in [-0.2, 0) is 0 Å². The summed E-state index contributed by atoms with van der Waals surface area (Å²) in [5, 5.41) is 10.7. The molecule has 128 valence electrons. The van der Waals surface area contributed by atoms with E-state index in [4.69, 9.17) is 0 Å². The third-order valence-electron chi connectivity index (χ3n) is 5.81. The molecule has 3 heteroatoms. The summed E-state index contributed by atoms with van der Waals surface area (Å²) in [4.78, 5) is 2.58. The Hall–Kier alpha value is -0.930. The molecule has 2 fully saturated rings. The van der Waals surface area contributed by atoms with Crippen LogP contribution in [0.15, 0.2) is 24.3 Å². The van der Waals surface area contributed by atoms with E-state index in [1.807, 2.05) is 12.1 Å². The number of hydrogen-bond acceptors (Lipinski definition) is 2. The third kappa shape index (κ3) is 3.61. The summed E-state index contributed by atoms with van der Waals surface area (Å²) < 4.78 is 13.1. The molecule has 0 bridgehead atoms. The summed E-state index contributed by atoms with van der Waals surface area (Å²) in [5.41, 5.74) is 1.41. The van der Waals surface area contributed by atoms with Gasteiger partial charge in [-0.1, -0.05) is 39.3 Å². The van der Waals surface area contributed by atoms with Crippen LogP contribution in [0, 0.1) is 11.2 Å². The molecule has 1 aromatic rings. The average molecular weight is 319 g/mol. The third-order valence-corrected chi connectivity index (χ3v) is 5.81. The number of aliphatic hydroxyl groups excluding tert-OH is 1. The van der Waals surface area contributed by atoms with Crippen molar-refractivity contribution in [3.63, 3.8) is 0 Å². The Bertz CT molecular complexity index is 521. The summed E-state index contributed by atoms with van der Waals surface area (Å²) in [5.74, 6) is 0.158. The average Bonchev–Trinajstić information content (AvgIpc) is 2.89. The van der Waals surface area contributed by atoms with E-state index < -0.39 is 0 Å². The van der Waals surface area contributed by atoms with Gasteiger partial charge in [0.2, 0.25) is 0 Å². The summed E-state index contributed by atoms with van der Waals surface area (Å²) in [6.45, 7) is 8.04. The number of aliphatic hydroxyl groups is 1. The quantitative estimate of drug-likeness (QED) is 0.877. The van der Waals surface area contributed by atoms with E-state index >= 15 is 0 Å². The normalized spacial score (nSPS) is 33.1. The second kappa shape index (κ2) is 6.52. The van der Waals surface area contributed by atoms with Gasteiger partial charge in [-0.2, -0.15) is 0 Å². The first-order chi connectivity index (χ1) is 10.9. The van der Waals surface area contributed by atoms with Gasteiger partial charge in [0.05, 0.1) is 6.10 Å². The van der Waals surface area contributed by atoms with Crippen LogP contribution in [0.4, 0.5) is 4.39 Å². The highest BCUT2D eigenvalue weighted by atomic mass is 19.1. The Balaban J connectivity index is 1.76. The Kier molecular flexibility index (Phi) is 4.80. The molecule has 23 heavy (non-hydrogen) atoms. The summed E-state index contributed by atoms with van der Waals surface area (Å²) in [7, 11) is 0. The fourth-order valence-electron chi connectivity index (χ4n) is 4.64. The van der Waals surface area contributed by atoms with Crippen LogP contribution >= 0.6 is 0 Å². The van der Waals surface area contributed by atoms with Crippen LogP contribution in [0.3, 0.4) is 0 Å². The lowest BCUT2D eigenvalue weighted by atomic mass is 9.79. The van der Waals surface area contributed by atoms with Crippen LogP contribution in [0.2, 0.25) is 0 Å². The van der Waals surface area contributed by atoms with Crippen molar-refractivity contribution < 1.29 is 9.50 Å². The molecular weight excluding hydrogens is 289 g/mol. The molecule has 2 aliphatic rings. The fraction of sp³-hybridized carbons (Fsp3) is 0.700. The van der Waals surface area contributed by atoms with Crippen LogP contribution in [0.1, 0.15) is 64.4 Å².